The summed E-state index contributed by atoms with van der Waals surface area (Å²) in [5.74, 6) is 1.57. The minimum atomic E-state index is 0.199. The summed E-state index contributed by atoms with van der Waals surface area (Å²) in [6, 6.07) is 8.93. The maximum Gasteiger partial charge on any atom is 0.249 e. The second-order valence-electron chi connectivity index (χ2n) is 5.88. The van der Waals surface area contributed by atoms with Gasteiger partial charge in [-0.05, 0) is 67.8 Å². The van der Waals surface area contributed by atoms with E-state index in [0.29, 0.717) is 21.5 Å². The van der Waals surface area contributed by atoms with Gasteiger partial charge in [-0.3, -0.25) is 0 Å². The Balaban J connectivity index is 1.88. The number of nitrogens with zero attached hydrogens (tertiary/aromatic N) is 2. The molecule has 3 rings (SSSR count). The highest BCUT2D eigenvalue weighted by atomic mass is 35.5. The third-order valence-electron chi connectivity index (χ3n) is 3.78. The summed E-state index contributed by atoms with van der Waals surface area (Å²) in [6.07, 6.45) is 1.33. The number of hydrogen-bond donors (Lipinski definition) is 1. The summed E-state index contributed by atoms with van der Waals surface area (Å²) in [6.45, 7) is 5.70. The molecule has 0 aliphatic carbocycles. The van der Waals surface area contributed by atoms with Gasteiger partial charge < -0.3 is 15.2 Å². The van der Waals surface area contributed by atoms with E-state index >= 15 is 0 Å². The number of rotatable bonds is 4. The Morgan fingerprint density at radius 3 is 1.92 bits per heavy atom. The van der Waals surface area contributed by atoms with Gasteiger partial charge in [0.1, 0.15) is 17.8 Å². The van der Waals surface area contributed by atoms with Crippen LogP contribution in [0.2, 0.25) is 10.0 Å². The van der Waals surface area contributed by atoms with E-state index in [1.165, 1.54) is 6.33 Å². The number of ether oxygens (including phenoxy) is 2. The highest BCUT2D eigenvalue weighted by Gasteiger charge is 2.14. The molecule has 1 heterocycles. The molecule has 7 heteroatoms. The van der Waals surface area contributed by atoms with Crippen molar-refractivity contribution in [3.8, 4) is 23.3 Å². The van der Waals surface area contributed by atoms with Crippen molar-refractivity contribution in [3.63, 3.8) is 0 Å². The van der Waals surface area contributed by atoms with Crippen molar-refractivity contribution in [1.82, 2.24) is 9.97 Å². The van der Waals surface area contributed by atoms with Gasteiger partial charge in [-0.1, -0.05) is 23.2 Å². The van der Waals surface area contributed by atoms with Crippen LogP contribution >= 0.6 is 23.2 Å². The molecule has 0 fully saturated rings. The summed E-state index contributed by atoms with van der Waals surface area (Å²) < 4.78 is 11.6. The molecule has 134 valence electrons. The lowest BCUT2D eigenvalue weighted by atomic mass is 10.1. The van der Waals surface area contributed by atoms with Gasteiger partial charge in [0.2, 0.25) is 11.8 Å². The van der Waals surface area contributed by atoms with Crippen LogP contribution in [-0.4, -0.2) is 9.97 Å². The lowest BCUT2D eigenvalue weighted by molar-refractivity contribution is 0.438. The second kappa shape index (κ2) is 7.40. The van der Waals surface area contributed by atoms with Gasteiger partial charge in [-0.2, -0.15) is 9.97 Å². The Bertz CT molecular complexity index is 954. The molecule has 3 aromatic rings. The first-order valence-corrected chi connectivity index (χ1v) is 8.60. The van der Waals surface area contributed by atoms with E-state index in [0.717, 1.165) is 16.7 Å². The smallest absolute Gasteiger partial charge is 0.249 e. The normalized spacial score (nSPS) is 10.7. The topological polar surface area (TPSA) is 70.3 Å². The van der Waals surface area contributed by atoms with Crippen LogP contribution in [-0.2, 0) is 0 Å². The second-order valence-corrected chi connectivity index (χ2v) is 6.67. The number of benzene rings is 2. The van der Waals surface area contributed by atoms with E-state index < -0.39 is 0 Å². The molecular weight excluding hydrogens is 373 g/mol. The predicted molar refractivity (Wildman–Crippen MR) is 104 cm³/mol. The molecule has 2 N–H and O–H groups in total. The highest BCUT2D eigenvalue weighted by Crippen LogP contribution is 2.35. The van der Waals surface area contributed by atoms with Gasteiger partial charge in [0.25, 0.3) is 0 Å². The number of nitrogens with two attached hydrogens (primary N) is 1. The van der Waals surface area contributed by atoms with Crippen LogP contribution < -0.4 is 15.2 Å². The van der Waals surface area contributed by atoms with E-state index in [9.17, 15) is 0 Å². The van der Waals surface area contributed by atoms with Crippen molar-refractivity contribution in [2.75, 3.05) is 5.73 Å². The first-order chi connectivity index (χ1) is 12.3. The van der Waals surface area contributed by atoms with E-state index in [1.807, 2.05) is 32.9 Å². The van der Waals surface area contributed by atoms with E-state index in [1.54, 1.807) is 18.2 Å². The van der Waals surface area contributed by atoms with Gasteiger partial charge in [0.15, 0.2) is 5.69 Å². The number of anilines is 1. The van der Waals surface area contributed by atoms with Crippen LogP contribution in [0.15, 0.2) is 36.7 Å². The zero-order valence-electron chi connectivity index (χ0n) is 14.5. The van der Waals surface area contributed by atoms with Crippen molar-refractivity contribution in [1.29, 1.82) is 0 Å². The number of nitrogen functional groups attached to an aromatic ring is 1. The number of hydrogen-bond acceptors (Lipinski definition) is 5. The third kappa shape index (κ3) is 3.84. The molecule has 0 atom stereocenters. The quantitative estimate of drug-likeness (QED) is 0.603. The number of aryl methyl sites for hydroxylation is 3. The van der Waals surface area contributed by atoms with Crippen molar-refractivity contribution in [2.24, 2.45) is 0 Å². The third-order valence-corrected chi connectivity index (χ3v) is 4.80. The summed E-state index contributed by atoms with van der Waals surface area (Å²) in [5, 5.41) is 1.36. The number of halogens is 2. The average Bonchev–Trinajstić information content (AvgIpc) is 2.59. The van der Waals surface area contributed by atoms with Gasteiger partial charge in [-0.15, -0.1) is 0 Å². The average molecular weight is 390 g/mol. The van der Waals surface area contributed by atoms with Crippen molar-refractivity contribution in [3.05, 3.63) is 63.4 Å². The van der Waals surface area contributed by atoms with E-state index in [2.05, 4.69) is 9.97 Å². The Kier molecular flexibility index (Phi) is 5.20. The minimum Gasteiger partial charge on any atom is -0.437 e. The molecule has 0 aliphatic heterocycles. The lowest BCUT2D eigenvalue weighted by Crippen LogP contribution is -2.01. The van der Waals surface area contributed by atoms with Crippen molar-refractivity contribution >= 4 is 28.9 Å². The van der Waals surface area contributed by atoms with Gasteiger partial charge in [0.05, 0.1) is 0 Å². The fourth-order valence-electron chi connectivity index (χ4n) is 2.40. The summed E-state index contributed by atoms with van der Waals surface area (Å²) in [4.78, 5) is 8.18. The van der Waals surface area contributed by atoms with Crippen LogP contribution in [0, 0.1) is 20.8 Å². The largest absolute Gasteiger partial charge is 0.437 e. The first kappa shape index (κ1) is 18.3. The van der Waals surface area contributed by atoms with Crippen LogP contribution in [0.4, 0.5) is 5.69 Å². The first-order valence-electron chi connectivity index (χ1n) is 7.84. The van der Waals surface area contributed by atoms with Crippen molar-refractivity contribution < 1.29 is 9.47 Å². The minimum absolute atomic E-state index is 0.199. The SMILES string of the molecule is Cc1cc(Oc2ncnc(Oc3cc(C)c(Cl)c(C)c3)c2N)ccc1Cl. The monoisotopic (exact) mass is 389 g/mol. The van der Waals surface area contributed by atoms with Crippen LogP contribution in [0.1, 0.15) is 16.7 Å². The zero-order valence-corrected chi connectivity index (χ0v) is 16.0. The molecule has 2 aromatic carbocycles. The maximum atomic E-state index is 6.19. The Morgan fingerprint density at radius 2 is 1.35 bits per heavy atom. The molecule has 0 spiro atoms. The van der Waals surface area contributed by atoms with Gasteiger partial charge in [0, 0.05) is 10.0 Å². The van der Waals surface area contributed by atoms with Crippen molar-refractivity contribution in [2.45, 2.75) is 20.8 Å². The molecule has 5 nitrogen and oxygen atoms in total. The predicted octanol–water partition coefficient (Wildman–Crippen LogP) is 5.88. The molecule has 0 unspecified atom stereocenters. The molecule has 1 aromatic heterocycles. The number of aromatic nitrogens is 2. The van der Waals surface area contributed by atoms with Crippen LogP contribution in [0.25, 0.3) is 0 Å². The standard InChI is InChI=1S/C19H17Cl2N3O2/c1-10-6-13(4-5-15(10)20)25-18-17(22)19(24-9-23-18)26-14-7-11(2)16(21)12(3)8-14/h4-9H,22H2,1-3H3. The van der Waals surface area contributed by atoms with E-state index in [4.69, 9.17) is 38.4 Å². The highest BCUT2D eigenvalue weighted by molar-refractivity contribution is 6.32. The summed E-state index contributed by atoms with van der Waals surface area (Å²) in [5.41, 5.74) is 9.02. The van der Waals surface area contributed by atoms with Gasteiger partial charge >= 0.3 is 0 Å². The van der Waals surface area contributed by atoms with Crippen LogP contribution in [0.3, 0.4) is 0 Å². The molecule has 0 saturated carbocycles. The summed E-state index contributed by atoms with van der Waals surface area (Å²) >= 11 is 12.2. The molecule has 0 radical (unpaired) electrons. The summed E-state index contributed by atoms with van der Waals surface area (Å²) in [7, 11) is 0. The molecular formula is C19H17Cl2N3O2. The lowest BCUT2D eigenvalue weighted by Gasteiger charge is -2.13. The van der Waals surface area contributed by atoms with Gasteiger partial charge in [-0.25, -0.2) is 0 Å². The Morgan fingerprint density at radius 1 is 0.808 bits per heavy atom. The molecule has 0 bridgehead atoms. The molecule has 26 heavy (non-hydrogen) atoms. The van der Waals surface area contributed by atoms with E-state index in [-0.39, 0.29) is 17.4 Å². The fraction of sp³-hybridized carbons (Fsp3) is 0.158. The molecule has 0 amide bonds. The molecule has 0 aliphatic rings. The van der Waals surface area contributed by atoms with Crippen LogP contribution in [0.5, 0.6) is 23.3 Å². The Hall–Kier alpha value is -2.50. The molecule has 0 saturated heterocycles. The zero-order chi connectivity index (χ0) is 18.8. The maximum absolute atomic E-state index is 6.19. The Labute approximate surface area is 161 Å². The fourth-order valence-corrected chi connectivity index (χ4v) is 2.62.